The molecular formula is C16H30O3Si. The quantitative estimate of drug-likeness (QED) is 0.753. The van der Waals surface area contributed by atoms with Crippen LogP contribution in [0, 0.1) is 0 Å². The van der Waals surface area contributed by atoms with Crippen LogP contribution in [0.1, 0.15) is 40.0 Å². The van der Waals surface area contributed by atoms with Crippen LogP contribution in [-0.4, -0.2) is 32.7 Å². The maximum Gasteiger partial charge on any atom is 0.192 e. The first-order chi connectivity index (χ1) is 9.26. The zero-order valence-corrected chi connectivity index (χ0v) is 14.6. The van der Waals surface area contributed by atoms with Gasteiger partial charge in [-0.25, -0.2) is 0 Å². The molecule has 1 aliphatic heterocycles. The van der Waals surface area contributed by atoms with Crippen LogP contribution in [0.2, 0.25) is 18.1 Å². The molecule has 0 unspecified atom stereocenters. The van der Waals surface area contributed by atoms with E-state index in [1.54, 1.807) is 0 Å². The number of hydrogen-bond acceptors (Lipinski definition) is 3. The van der Waals surface area contributed by atoms with Crippen molar-refractivity contribution in [3.05, 3.63) is 24.0 Å². The molecule has 0 bridgehead atoms. The van der Waals surface area contributed by atoms with Gasteiger partial charge in [0.25, 0.3) is 0 Å². The van der Waals surface area contributed by atoms with Crippen LogP contribution in [0.4, 0.5) is 0 Å². The number of allylic oxidation sites excluding steroid dienone is 2. The lowest BCUT2D eigenvalue weighted by Gasteiger charge is -2.37. The van der Waals surface area contributed by atoms with Crippen LogP contribution in [0.15, 0.2) is 24.0 Å². The first kappa shape index (κ1) is 17.5. The molecule has 20 heavy (non-hydrogen) atoms. The van der Waals surface area contributed by atoms with E-state index in [0.717, 1.165) is 18.6 Å². The van der Waals surface area contributed by atoms with Crippen molar-refractivity contribution in [2.75, 3.05) is 13.2 Å². The molecule has 1 atom stereocenters. The smallest absolute Gasteiger partial charge is 0.192 e. The minimum atomic E-state index is -1.69. The second-order valence-corrected chi connectivity index (χ2v) is 11.7. The van der Waals surface area contributed by atoms with Gasteiger partial charge in [0, 0.05) is 6.61 Å². The van der Waals surface area contributed by atoms with Gasteiger partial charge in [-0.15, -0.1) is 0 Å². The molecule has 1 aliphatic rings. The van der Waals surface area contributed by atoms with Crippen molar-refractivity contribution >= 4 is 8.32 Å². The Labute approximate surface area is 124 Å². The van der Waals surface area contributed by atoms with Gasteiger partial charge in [-0.3, -0.25) is 0 Å². The molecule has 0 aromatic rings. The summed E-state index contributed by atoms with van der Waals surface area (Å²) < 4.78 is 12.2. The van der Waals surface area contributed by atoms with Gasteiger partial charge in [0.05, 0.1) is 6.61 Å². The summed E-state index contributed by atoms with van der Waals surface area (Å²) in [7, 11) is -1.69. The Morgan fingerprint density at radius 1 is 1.45 bits per heavy atom. The number of aliphatic hydroxyl groups excluding tert-OH is 1. The second-order valence-electron chi connectivity index (χ2n) is 6.91. The van der Waals surface area contributed by atoms with Gasteiger partial charge >= 0.3 is 0 Å². The van der Waals surface area contributed by atoms with E-state index in [1.165, 1.54) is 0 Å². The van der Waals surface area contributed by atoms with Crippen molar-refractivity contribution in [3.63, 3.8) is 0 Å². The summed E-state index contributed by atoms with van der Waals surface area (Å²) in [5.41, 5.74) is 0. The number of rotatable bonds is 6. The minimum Gasteiger partial charge on any atom is -0.488 e. The molecule has 1 heterocycles. The fourth-order valence-electron chi connectivity index (χ4n) is 1.73. The lowest BCUT2D eigenvalue weighted by Crippen LogP contribution is -2.43. The third kappa shape index (κ3) is 5.42. The van der Waals surface area contributed by atoms with Gasteiger partial charge < -0.3 is 14.3 Å². The molecule has 0 saturated carbocycles. The summed E-state index contributed by atoms with van der Waals surface area (Å²) in [6.07, 6.45) is 8.89. The molecule has 116 valence electrons. The molecule has 1 rings (SSSR count). The average Bonchev–Trinajstić information content (AvgIpc) is 2.36. The Morgan fingerprint density at radius 3 is 2.75 bits per heavy atom. The number of hydrogen-bond donors (Lipinski definition) is 1. The van der Waals surface area contributed by atoms with Crippen molar-refractivity contribution in [1.29, 1.82) is 0 Å². The maximum atomic E-state index is 8.77. The fraction of sp³-hybridized carbons (Fsp3) is 0.750. The SMILES string of the molecule is CC(C)(C)[Si](C)(C)OC[C@H]1CCC=C(/C=C\CCO)O1. The van der Waals surface area contributed by atoms with Crippen LogP contribution < -0.4 is 0 Å². The molecule has 4 heteroatoms. The molecule has 0 radical (unpaired) electrons. The van der Waals surface area contributed by atoms with E-state index in [9.17, 15) is 0 Å². The predicted molar refractivity (Wildman–Crippen MR) is 86.2 cm³/mol. The van der Waals surface area contributed by atoms with E-state index in [4.69, 9.17) is 14.3 Å². The highest BCUT2D eigenvalue weighted by Gasteiger charge is 2.37. The average molecular weight is 298 g/mol. The van der Waals surface area contributed by atoms with Crippen LogP contribution >= 0.6 is 0 Å². The van der Waals surface area contributed by atoms with E-state index in [1.807, 2.05) is 12.2 Å². The molecule has 0 aromatic carbocycles. The summed E-state index contributed by atoms with van der Waals surface area (Å²) in [6, 6.07) is 0. The molecule has 0 fully saturated rings. The molecule has 0 aliphatic carbocycles. The van der Waals surface area contributed by atoms with Gasteiger partial charge in [-0.2, -0.15) is 0 Å². The summed E-state index contributed by atoms with van der Waals surface area (Å²) in [5, 5.41) is 9.01. The normalized spacial score (nSPS) is 20.9. The van der Waals surface area contributed by atoms with E-state index in [0.29, 0.717) is 13.0 Å². The highest BCUT2D eigenvalue weighted by atomic mass is 28.4. The van der Waals surface area contributed by atoms with Crippen molar-refractivity contribution in [2.45, 2.75) is 64.3 Å². The van der Waals surface area contributed by atoms with Crippen molar-refractivity contribution in [1.82, 2.24) is 0 Å². The Kier molecular flexibility index (Phi) is 6.49. The Bertz CT molecular complexity index is 353. The molecule has 0 amide bonds. The standard InChI is InChI=1S/C16H30O3Si/c1-16(2,3)20(4,5)18-13-15-11-8-10-14(19-15)9-6-7-12-17/h6,9-10,15,17H,7-8,11-13H2,1-5H3/b9-6-/t15-/m1/s1. The summed E-state index contributed by atoms with van der Waals surface area (Å²) in [4.78, 5) is 0. The minimum absolute atomic E-state index is 0.155. The zero-order valence-electron chi connectivity index (χ0n) is 13.6. The molecule has 1 N–H and O–H groups in total. The Morgan fingerprint density at radius 2 is 2.15 bits per heavy atom. The van der Waals surface area contributed by atoms with Crippen LogP contribution in [0.3, 0.4) is 0 Å². The van der Waals surface area contributed by atoms with E-state index < -0.39 is 8.32 Å². The fourth-order valence-corrected chi connectivity index (χ4v) is 2.76. The van der Waals surface area contributed by atoms with Crippen molar-refractivity contribution in [2.24, 2.45) is 0 Å². The molecule has 3 nitrogen and oxygen atoms in total. The summed E-state index contributed by atoms with van der Waals surface area (Å²) in [5.74, 6) is 0.911. The first-order valence-corrected chi connectivity index (χ1v) is 10.5. The highest BCUT2D eigenvalue weighted by molar-refractivity contribution is 6.74. The molecule has 0 spiro atoms. The summed E-state index contributed by atoms with van der Waals surface area (Å²) in [6.45, 7) is 12.2. The van der Waals surface area contributed by atoms with Crippen molar-refractivity contribution in [3.8, 4) is 0 Å². The van der Waals surface area contributed by atoms with Crippen LogP contribution in [0.25, 0.3) is 0 Å². The first-order valence-electron chi connectivity index (χ1n) is 7.54. The van der Waals surface area contributed by atoms with Gasteiger partial charge in [0.2, 0.25) is 0 Å². The molecule has 0 aromatic heterocycles. The lowest BCUT2D eigenvalue weighted by atomic mass is 10.1. The van der Waals surface area contributed by atoms with Crippen LogP contribution in [-0.2, 0) is 9.16 Å². The van der Waals surface area contributed by atoms with E-state index in [-0.39, 0.29) is 17.7 Å². The third-order valence-electron chi connectivity index (χ3n) is 4.15. The zero-order chi connectivity index (χ0) is 15.2. The largest absolute Gasteiger partial charge is 0.488 e. The van der Waals surface area contributed by atoms with E-state index in [2.05, 4.69) is 39.9 Å². The van der Waals surface area contributed by atoms with Crippen LogP contribution in [0.5, 0.6) is 0 Å². The summed E-state index contributed by atoms with van der Waals surface area (Å²) >= 11 is 0. The van der Waals surface area contributed by atoms with Gasteiger partial charge in [-0.05, 0) is 49.5 Å². The van der Waals surface area contributed by atoms with Gasteiger partial charge in [0.15, 0.2) is 8.32 Å². The maximum absolute atomic E-state index is 8.77. The predicted octanol–water partition coefficient (Wildman–Crippen LogP) is 4.01. The molecular weight excluding hydrogens is 268 g/mol. The molecule has 0 saturated heterocycles. The highest BCUT2D eigenvalue weighted by Crippen LogP contribution is 2.37. The third-order valence-corrected chi connectivity index (χ3v) is 8.65. The van der Waals surface area contributed by atoms with Crippen molar-refractivity contribution < 1.29 is 14.3 Å². The number of aliphatic hydroxyl groups is 1. The Hall–Kier alpha value is -0.583. The monoisotopic (exact) mass is 298 g/mol. The van der Waals surface area contributed by atoms with Gasteiger partial charge in [0.1, 0.15) is 11.9 Å². The van der Waals surface area contributed by atoms with E-state index >= 15 is 0 Å². The van der Waals surface area contributed by atoms with Gasteiger partial charge in [-0.1, -0.05) is 26.8 Å². The lowest BCUT2D eigenvalue weighted by molar-refractivity contribution is 0.0541. The Balaban J connectivity index is 2.45. The second kappa shape index (κ2) is 7.43. The topological polar surface area (TPSA) is 38.7 Å². The number of ether oxygens (including phenoxy) is 1.